The van der Waals surface area contributed by atoms with E-state index in [1.807, 2.05) is 23.5 Å². The second kappa shape index (κ2) is 12.2. The first kappa shape index (κ1) is 31.2. The van der Waals surface area contributed by atoms with Gasteiger partial charge in [0.15, 0.2) is 5.58 Å². The van der Waals surface area contributed by atoms with Crippen molar-refractivity contribution < 1.29 is 4.42 Å². The Morgan fingerprint density at radius 1 is 0.446 bits per heavy atom. The highest BCUT2D eigenvalue weighted by atomic mass is 32.1. The summed E-state index contributed by atoms with van der Waals surface area (Å²) in [4.78, 5) is 2.31. The Bertz CT molecular complexity index is 3480. The largest absolute Gasteiger partial charge is 0.454 e. The van der Waals surface area contributed by atoms with Crippen LogP contribution in [0.4, 0.5) is 17.1 Å². The Morgan fingerprint density at radius 3 is 1.98 bits per heavy atom. The molecular weight excluding hydrogens is 701 g/mol. The molecule has 0 atom stereocenters. The minimum Gasteiger partial charge on any atom is -0.454 e. The van der Waals surface area contributed by atoms with Crippen molar-refractivity contribution in [2.24, 2.45) is 0 Å². The first-order valence-electron chi connectivity index (χ1n) is 19.0. The third kappa shape index (κ3) is 4.70. The van der Waals surface area contributed by atoms with E-state index < -0.39 is 0 Å². The van der Waals surface area contributed by atoms with Gasteiger partial charge in [-0.15, -0.1) is 11.3 Å². The summed E-state index contributed by atoms with van der Waals surface area (Å²) in [6, 6.07) is 70.2. The average molecular weight is 733 g/mol. The maximum absolute atomic E-state index is 6.57. The van der Waals surface area contributed by atoms with Crippen LogP contribution in [0, 0.1) is 0 Å². The topological polar surface area (TPSA) is 21.3 Å². The molecular formula is C52H32N2OS. The number of anilines is 3. The standard InChI is InChI=1S/C52H32N2OS/c1-2-15-36(16-3-1)53(47-22-12-20-42-40-18-7-10-23-49(40)55-51(42)47)37-27-25-33(26-28-37)43-31-38(32-45-41-19-8-11-24-50(41)56-52(43)45)54-46-21-9-6-17-39(46)44-29-34-13-4-5-14-35(34)30-48(44)54/h1-32H. The van der Waals surface area contributed by atoms with Gasteiger partial charge in [-0.05, 0) is 89.1 Å². The number of hydrogen-bond acceptors (Lipinski definition) is 3. The lowest BCUT2D eigenvalue weighted by Crippen LogP contribution is -2.10. The number of furan rings is 1. The van der Waals surface area contributed by atoms with Crippen LogP contribution in [0.25, 0.3) is 91.5 Å². The van der Waals surface area contributed by atoms with Gasteiger partial charge in [-0.25, -0.2) is 0 Å². The molecule has 0 aliphatic heterocycles. The molecule has 3 heterocycles. The van der Waals surface area contributed by atoms with Crippen LogP contribution in [0.2, 0.25) is 0 Å². The highest BCUT2D eigenvalue weighted by Crippen LogP contribution is 2.46. The third-order valence-corrected chi connectivity index (χ3v) is 12.6. The van der Waals surface area contributed by atoms with E-state index >= 15 is 0 Å². The fourth-order valence-electron chi connectivity index (χ4n) is 8.79. The predicted octanol–water partition coefficient (Wildman–Crippen LogP) is 15.3. The van der Waals surface area contributed by atoms with E-state index in [1.54, 1.807) is 0 Å². The molecule has 262 valence electrons. The van der Waals surface area contributed by atoms with Crippen molar-refractivity contribution in [1.29, 1.82) is 0 Å². The van der Waals surface area contributed by atoms with E-state index in [1.165, 1.54) is 63.9 Å². The molecule has 12 rings (SSSR count). The molecule has 0 amide bonds. The second-order valence-electron chi connectivity index (χ2n) is 14.5. The molecule has 4 heteroatoms. The molecule has 3 aromatic heterocycles. The van der Waals surface area contributed by atoms with Gasteiger partial charge >= 0.3 is 0 Å². The van der Waals surface area contributed by atoms with E-state index in [9.17, 15) is 0 Å². The van der Waals surface area contributed by atoms with E-state index in [2.05, 4.69) is 191 Å². The summed E-state index contributed by atoms with van der Waals surface area (Å²) >= 11 is 1.87. The number of fused-ring (bicyclic) bond motifs is 10. The van der Waals surface area contributed by atoms with Gasteiger partial charge in [0.1, 0.15) is 5.58 Å². The van der Waals surface area contributed by atoms with Crippen molar-refractivity contribution in [2.75, 3.05) is 4.90 Å². The van der Waals surface area contributed by atoms with Gasteiger partial charge in [-0.3, -0.25) is 0 Å². The number of rotatable bonds is 5. The quantitative estimate of drug-likeness (QED) is 0.176. The van der Waals surface area contributed by atoms with Gasteiger partial charge < -0.3 is 13.9 Å². The molecule has 0 saturated heterocycles. The zero-order valence-electron chi connectivity index (χ0n) is 30.2. The van der Waals surface area contributed by atoms with Crippen molar-refractivity contribution in [2.45, 2.75) is 0 Å². The zero-order valence-corrected chi connectivity index (χ0v) is 31.0. The number of hydrogen-bond donors (Lipinski definition) is 0. The summed E-state index contributed by atoms with van der Waals surface area (Å²) in [6.07, 6.45) is 0. The Morgan fingerprint density at radius 2 is 1.12 bits per heavy atom. The van der Waals surface area contributed by atoms with Crippen molar-refractivity contribution in [3.05, 3.63) is 194 Å². The summed E-state index contributed by atoms with van der Waals surface area (Å²) in [6.45, 7) is 0. The molecule has 0 bridgehead atoms. The van der Waals surface area contributed by atoms with Crippen LogP contribution >= 0.6 is 11.3 Å². The van der Waals surface area contributed by atoms with Crippen LogP contribution in [0.3, 0.4) is 0 Å². The summed E-state index contributed by atoms with van der Waals surface area (Å²) in [7, 11) is 0. The molecule has 9 aromatic carbocycles. The highest BCUT2D eigenvalue weighted by Gasteiger charge is 2.21. The second-order valence-corrected chi connectivity index (χ2v) is 15.6. The Balaban J connectivity index is 1.08. The predicted molar refractivity (Wildman–Crippen MR) is 239 cm³/mol. The van der Waals surface area contributed by atoms with Gasteiger partial charge in [-0.2, -0.15) is 0 Å². The number of para-hydroxylation sites is 4. The summed E-state index contributed by atoms with van der Waals surface area (Å²) in [5, 5.41) is 9.81. The van der Waals surface area contributed by atoms with Crippen LogP contribution in [-0.2, 0) is 0 Å². The van der Waals surface area contributed by atoms with Gasteiger partial charge in [0.25, 0.3) is 0 Å². The lowest BCUT2D eigenvalue weighted by Gasteiger charge is -2.25. The molecule has 3 nitrogen and oxygen atoms in total. The van der Waals surface area contributed by atoms with E-state index in [0.717, 1.165) is 44.7 Å². The maximum Gasteiger partial charge on any atom is 0.159 e. The summed E-state index contributed by atoms with van der Waals surface area (Å²) in [5.41, 5.74) is 10.9. The summed E-state index contributed by atoms with van der Waals surface area (Å²) in [5.74, 6) is 0. The highest BCUT2D eigenvalue weighted by molar-refractivity contribution is 7.26. The molecule has 0 spiro atoms. The van der Waals surface area contributed by atoms with Gasteiger partial charge in [0.05, 0.1) is 16.7 Å². The van der Waals surface area contributed by atoms with Crippen LogP contribution in [0.5, 0.6) is 0 Å². The Kier molecular flexibility index (Phi) is 6.80. The van der Waals surface area contributed by atoms with E-state index in [0.29, 0.717) is 0 Å². The van der Waals surface area contributed by atoms with Crippen molar-refractivity contribution in [3.8, 4) is 16.8 Å². The Labute approximate surface area is 326 Å². The first-order chi connectivity index (χ1) is 27.8. The lowest BCUT2D eigenvalue weighted by molar-refractivity contribution is 0.669. The molecule has 0 aliphatic rings. The SMILES string of the molecule is c1ccc(N(c2ccc(-c3cc(-n4c5ccccc5c5cc6ccccc6cc54)cc4c3sc3ccccc34)cc2)c2cccc3c2oc2ccccc23)cc1. The monoisotopic (exact) mass is 732 g/mol. The smallest absolute Gasteiger partial charge is 0.159 e. The normalized spacial score (nSPS) is 11.9. The van der Waals surface area contributed by atoms with Crippen LogP contribution in [-0.4, -0.2) is 4.57 Å². The fraction of sp³-hybridized carbons (Fsp3) is 0. The minimum atomic E-state index is 0.875. The number of nitrogens with zero attached hydrogens (tertiary/aromatic N) is 2. The number of benzene rings is 9. The van der Waals surface area contributed by atoms with E-state index in [4.69, 9.17) is 4.42 Å². The van der Waals surface area contributed by atoms with Crippen LogP contribution in [0.1, 0.15) is 0 Å². The van der Waals surface area contributed by atoms with Crippen molar-refractivity contribution in [1.82, 2.24) is 4.57 Å². The van der Waals surface area contributed by atoms with Crippen LogP contribution in [0.15, 0.2) is 199 Å². The molecule has 12 aromatic rings. The molecule has 0 radical (unpaired) electrons. The average Bonchev–Trinajstić information content (AvgIpc) is 3.93. The van der Waals surface area contributed by atoms with Gasteiger partial charge in [0, 0.05) is 64.3 Å². The molecule has 0 fully saturated rings. The molecule has 0 saturated carbocycles. The van der Waals surface area contributed by atoms with Crippen molar-refractivity contribution >= 4 is 103 Å². The van der Waals surface area contributed by atoms with Gasteiger partial charge in [-0.1, -0.05) is 121 Å². The van der Waals surface area contributed by atoms with Gasteiger partial charge in [0.2, 0.25) is 0 Å². The minimum absolute atomic E-state index is 0.875. The fourth-order valence-corrected chi connectivity index (χ4v) is 10.0. The molecule has 0 N–H and O–H groups in total. The molecule has 0 aliphatic carbocycles. The van der Waals surface area contributed by atoms with Crippen molar-refractivity contribution in [3.63, 3.8) is 0 Å². The summed E-state index contributed by atoms with van der Waals surface area (Å²) < 4.78 is 11.6. The van der Waals surface area contributed by atoms with Crippen LogP contribution < -0.4 is 4.90 Å². The molecule has 56 heavy (non-hydrogen) atoms. The number of aromatic nitrogens is 1. The van der Waals surface area contributed by atoms with E-state index in [-0.39, 0.29) is 0 Å². The zero-order chi connectivity index (χ0) is 36.7. The number of thiophene rings is 1. The molecule has 0 unspecified atom stereocenters. The maximum atomic E-state index is 6.57. The Hall–Kier alpha value is -7.14. The third-order valence-electron chi connectivity index (χ3n) is 11.3. The first-order valence-corrected chi connectivity index (χ1v) is 19.8. The lowest BCUT2D eigenvalue weighted by atomic mass is 10.0.